The summed E-state index contributed by atoms with van der Waals surface area (Å²) >= 11 is 0. The standard InChI is InChI=1S/C15H21FN2O2/c1-11(18(3)8-15(2)9-20-10-15)14(19)17-13-6-4-12(16)5-7-13/h4-7,11H,8-10H2,1-3H3,(H,17,19)/t11-/m1/s1. The van der Waals surface area contributed by atoms with E-state index in [0.29, 0.717) is 5.69 Å². The van der Waals surface area contributed by atoms with E-state index in [2.05, 4.69) is 12.2 Å². The predicted molar refractivity (Wildman–Crippen MR) is 76.0 cm³/mol. The highest BCUT2D eigenvalue weighted by molar-refractivity contribution is 5.94. The highest BCUT2D eigenvalue weighted by atomic mass is 19.1. The third kappa shape index (κ3) is 3.55. The van der Waals surface area contributed by atoms with E-state index < -0.39 is 0 Å². The third-order valence-electron chi connectivity index (χ3n) is 3.68. The summed E-state index contributed by atoms with van der Waals surface area (Å²) in [5, 5.41) is 2.79. The van der Waals surface area contributed by atoms with Crippen LogP contribution < -0.4 is 5.32 Å². The van der Waals surface area contributed by atoms with Gasteiger partial charge in [0.1, 0.15) is 5.82 Å². The van der Waals surface area contributed by atoms with E-state index in [-0.39, 0.29) is 23.2 Å². The van der Waals surface area contributed by atoms with Crippen LogP contribution in [-0.4, -0.2) is 43.7 Å². The van der Waals surface area contributed by atoms with Gasteiger partial charge in [0.15, 0.2) is 0 Å². The maximum absolute atomic E-state index is 12.8. The minimum atomic E-state index is -0.314. The van der Waals surface area contributed by atoms with Crippen LogP contribution in [0, 0.1) is 11.2 Å². The summed E-state index contributed by atoms with van der Waals surface area (Å²) in [6.07, 6.45) is 0. The number of carbonyl (C=O) groups excluding carboxylic acids is 1. The van der Waals surface area contributed by atoms with E-state index in [4.69, 9.17) is 4.74 Å². The van der Waals surface area contributed by atoms with E-state index in [9.17, 15) is 9.18 Å². The molecule has 0 aromatic heterocycles. The van der Waals surface area contributed by atoms with Crippen molar-refractivity contribution in [1.29, 1.82) is 0 Å². The molecule has 2 rings (SSSR count). The van der Waals surface area contributed by atoms with Crippen LogP contribution >= 0.6 is 0 Å². The van der Waals surface area contributed by atoms with Crippen molar-refractivity contribution in [2.24, 2.45) is 5.41 Å². The Balaban J connectivity index is 1.89. The smallest absolute Gasteiger partial charge is 0.241 e. The highest BCUT2D eigenvalue weighted by Gasteiger charge is 2.36. The number of anilines is 1. The highest BCUT2D eigenvalue weighted by Crippen LogP contribution is 2.27. The summed E-state index contributed by atoms with van der Waals surface area (Å²) in [5.74, 6) is -0.408. The number of benzene rings is 1. The first-order chi connectivity index (χ1) is 9.39. The zero-order valence-electron chi connectivity index (χ0n) is 12.1. The first-order valence-electron chi connectivity index (χ1n) is 6.74. The van der Waals surface area contributed by atoms with Crippen LogP contribution in [0.3, 0.4) is 0 Å². The molecule has 1 atom stereocenters. The number of hydrogen-bond donors (Lipinski definition) is 1. The zero-order valence-corrected chi connectivity index (χ0v) is 12.1. The molecule has 0 bridgehead atoms. The molecule has 1 amide bonds. The average molecular weight is 280 g/mol. The molecule has 1 fully saturated rings. The second-order valence-electron chi connectivity index (χ2n) is 5.89. The van der Waals surface area contributed by atoms with Crippen molar-refractivity contribution < 1.29 is 13.9 Å². The van der Waals surface area contributed by atoms with Gasteiger partial charge in [-0.15, -0.1) is 0 Å². The van der Waals surface area contributed by atoms with Crippen molar-refractivity contribution >= 4 is 11.6 Å². The van der Waals surface area contributed by atoms with Gasteiger partial charge in [-0.3, -0.25) is 9.69 Å². The Kier molecular flexibility index (Phi) is 4.40. The SMILES string of the molecule is C[C@H](C(=O)Nc1ccc(F)cc1)N(C)CC1(C)COC1. The molecule has 0 aliphatic carbocycles. The molecule has 1 heterocycles. The van der Waals surface area contributed by atoms with Crippen LogP contribution in [0.25, 0.3) is 0 Å². The Labute approximate surface area is 118 Å². The van der Waals surface area contributed by atoms with Crippen LogP contribution in [-0.2, 0) is 9.53 Å². The van der Waals surface area contributed by atoms with Gasteiger partial charge in [0.2, 0.25) is 5.91 Å². The van der Waals surface area contributed by atoms with Crippen molar-refractivity contribution in [3.63, 3.8) is 0 Å². The third-order valence-corrected chi connectivity index (χ3v) is 3.68. The van der Waals surface area contributed by atoms with Gasteiger partial charge in [0, 0.05) is 17.6 Å². The van der Waals surface area contributed by atoms with Gasteiger partial charge in [-0.05, 0) is 38.2 Å². The number of likely N-dealkylation sites (N-methyl/N-ethyl adjacent to an activating group) is 1. The molecule has 1 saturated heterocycles. The molecule has 1 aromatic rings. The molecule has 1 aliphatic heterocycles. The second kappa shape index (κ2) is 5.89. The second-order valence-corrected chi connectivity index (χ2v) is 5.89. The van der Waals surface area contributed by atoms with Gasteiger partial charge >= 0.3 is 0 Å². The van der Waals surface area contributed by atoms with Crippen molar-refractivity contribution in [3.8, 4) is 0 Å². The molecule has 0 radical (unpaired) electrons. The number of carbonyl (C=O) groups is 1. The first kappa shape index (κ1) is 14.9. The normalized spacial score (nSPS) is 18.4. The molecule has 1 aromatic carbocycles. The molecule has 110 valence electrons. The summed E-state index contributed by atoms with van der Waals surface area (Å²) in [6, 6.07) is 5.52. The largest absolute Gasteiger partial charge is 0.380 e. The monoisotopic (exact) mass is 280 g/mol. The number of nitrogens with one attached hydrogen (secondary N) is 1. The molecule has 20 heavy (non-hydrogen) atoms. The van der Waals surface area contributed by atoms with Crippen molar-refractivity contribution in [3.05, 3.63) is 30.1 Å². The van der Waals surface area contributed by atoms with Gasteiger partial charge < -0.3 is 10.1 Å². The number of halogens is 1. The number of ether oxygens (including phenoxy) is 1. The lowest BCUT2D eigenvalue weighted by atomic mass is 9.88. The Bertz CT molecular complexity index is 471. The maximum atomic E-state index is 12.8. The Morgan fingerprint density at radius 1 is 1.45 bits per heavy atom. The van der Waals surface area contributed by atoms with Crippen LogP contribution in [0.4, 0.5) is 10.1 Å². The van der Waals surface area contributed by atoms with Crippen molar-refractivity contribution in [2.75, 3.05) is 32.1 Å². The van der Waals surface area contributed by atoms with E-state index in [1.54, 1.807) is 12.1 Å². The number of hydrogen-bond acceptors (Lipinski definition) is 3. The minimum Gasteiger partial charge on any atom is -0.380 e. The van der Waals surface area contributed by atoms with Crippen LogP contribution in [0.15, 0.2) is 24.3 Å². The molecule has 1 aliphatic rings. The van der Waals surface area contributed by atoms with Gasteiger partial charge in [0.05, 0.1) is 19.3 Å². The van der Waals surface area contributed by atoms with Crippen LogP contribution in [0.2, 0.25) is 0 Å². The summed E-state index contributed by atoms with van der Waals surface area (Å²) in [5.41, 5.74) is 0.744. The van der Waals surface area contributed by atoms with Crippen molar-refractivity contribution in [1.82, 2.24) is 4.90 Å². The number of amides is 1. The molecular weight excluding hydrogens is 259 g/mol. The van der Waals surface area contributed by atoms with E-state index in [0.717, 1.165) is 19.8 Å². The van der Waals surface area contributed by atoms with Gasteiger partial charge in [0.25, 0.3) is 0 Å². The molecule has 0 saturated carbocycles. The molecule has 5 heteroatoms. The fraction of sp³-hybridized carbons (Fsp3) is 0.533. The van der Waals surface area contributed by atoms with Crippen molar-refractivity contribution in [2.45, 2.75) is 19.9 Å². The average Bonchev–Trinajstić information content (AvgIpc) is 2.38. The quantitative estimate of drug-likeness (QED) is 0.898. The maximum Gasteiger partial charge on any atom is 0.241 e. The fourth-order valence-corrected chi connectivity index (χ4v) is 2.26. The lowest BCUT2D eigenvalue weighted by Gasteiger charge is -2.42. The lowest BCUT2D eigenvalue weighted by molar-refractivity contribution is -0.129. The molecule has 0 unspecified atom stereocenters. The van der Waals surface area contributed by atoms with E-state index >= 15 is 0 Å². The summed E-state index contributed by atoms with van der Waals surface area (Å²) < 4.78 is 18.0. The summed E-state index contributed by atoms with van der Waals surface area (Å²) in [6.45, 7) is 6.30. The molecule has 1 N–H and O–H groups in total. The lowest BCUT2D eigenvalue weighted by Crippen LogP contribution is -2.51. The zero-order chi connectivity index (χ0) is 14.8. The van der Waals surface area contributed by atoms with E-state index in [1.165, 1.54) is 12.1 Å². The van der Waals surface area contributed by atoms with Crippen LogP contribution in [0.5, 0.6) is 0 Å². The fourth-order valence-electron chi connectivity index (χ4n) is 2.26. The number of rotatable bonds is 5. The summed E-state index contributed by atoms with van der Waals surface area (Å²) in [7, 11) is 1.93. The Morgan fingerprint density at radius 3 is 2.55 bits per heavy atom. The molecule has 0 spiro atoms. The summed E-state index contributed by atoms with van der Waals surface area (Å²) in [4.78, 5) is 14.2. The number of nitrogens with zero attached hydrogens (tertiary/aromatic N) is 1. The predicted octanol–water partition coefficient (Wildman–Crippen LogP) is 2.12. The van der Waals surface area contributed by atoms with E-state index in [1.807, 2.05) is 18.9 Å². The van der Waals surface area contributed by atoms with Gasteiger partial charge in [-0.2, -0.15) is 0 Å². The molecular formula is C15H21FN2O2. The van der Waals surface area contributed by atoms with Crippen LogP contribution in [0.1, 0.15) is 13.8 Å². The topological polar surface area (TPSA) is 41.6 Å². The van der Waals surface area contributed by atoms with Gasteiger partial charge in [-0.25, -0.2) is 4.39 Å². The van der Waals surface area contributed by atoms with Gasteiger partial charge in [-0.1, -0.05) is 6.92 Å². The Morgan fingerprint density at radius 2 is 2.05 bits per heavy atom. The first-order valence-corrected chi connectivity index (χ1v) is 6.74. The minimum absolute atomic E-state index is 0.0945. The molecule has 4 nitrogen and oxygen atoms in total. The Hall–Kier alpha value is -1.46.